The fourth-order valence-electron chi connectivity index (χ4n) is 4.04. The molecule has 27 heavy (non-hydrogen) atoms. The molecule has 1 atom stereocenters. The zero-order chi connectivity index (χ0) is 19.2. The molecule has 0 saturated carbocycles. The quantitative estimate of drug-likeness (QED) is 0.798. The Balaban J connectivity index is 1.79. The van der Waals surface area contributed by atoms with E-state index in [4.69, 9.17) is 0 Å². The number of carboxylic acid groups (broad SMARTS) is 1. The van der Waals surface area contributed by atoms with Gasteiger partial charge in [0.1, 0.15) is 0 Å². The smallest absolute Gasteiger partial charge is 0.307 e. The van der Waals surface area contributed by atoms with Crippen molar-refractivity contribution in [3.63, 3.8) is 0 Å². The van der Waals surface area contributed by atoms with Crippen molar-refractivity contribution in [1.82, 2.24) is 9.47 Å². The summed E-state index contributed by atoms with van der Waals surface area (Å²) < 4.78 is 2.17. The van der Waals surface area contributed by atoms with E-state index in [0.717, 1.165) is 38.8 Å². The minimum atomic E-state index is -0.656. The molecule has 1 saturated heterocycles. The van der Waals surface area contributed by atoms with Crippen LogP contribution in [0.4, 0.5) is 0 Å². The van der Waals surface area contributed by atoms with Crippen molar-refractivity contribution >= 4 is 11.5 Å². The van der Waals surface area contributed by atoms with Gasteiger partial charge in [-0.25, -0.2) is 0 Å². The van der Waals surface area contributed by atoms with Crippen LogP contribution in [0.2, 0.25) is 0 Å². The molecule has 1 N–H and O–H groups in total. The summed E-state index contributed by atoms with van der Waals surface area (Å²) >= 11 is 0. The third-order valence-electron chi connectivity index (χ3n) is 5.56. The topological polar surface area (TPSA) is 45.5 Å². The van der Waals surface area contributed by atoms with Crippen molar-refractivity contribution in [2.75, 3.05) is 19.6 Å². The minimum absolute atomic E-state index is 0.212. The lowest BCUT2D eigenvalue weighted by molar-refractivity contribution is -0.143. The molecular formula is C23H30N2O2. The van der Waals surface area contributed by atoms with Crippen molar-refractivity contribution in [2.45, 2.75) is 32.6 Å². The van der Waals surface area contributed by atoms with Crippen LogP contribution in [-0.2, 0) is 18.3 Å². The van der Waals surface area contributed by atoms with Crippen molar-refractivity contribution in [3.05, 3.63) is 65.5 Å². The molecule has 0 aliphatic carbocycles. The minimum Gasteiger partial charge on any atom is -0.481 e. The molecule has 2 aromatic rings. The number of benzene rings is 1. The van der Waals surface area contributed by atoms with Gasteiger partial charge in [0.25, 0.3) is 0 Å². The lowest BCUT2D eigenvalue weighted by Crippen LogP contribution is -2.39. The van der Waals surface area contributed by atoms with Crippen LogP contribution in [0.5, 0.6) is 0 Å². The highest BCUT2D eigenvalue weighted by atomic mass is 16.4. The number of hydrogen-bond donors (Lipinski definition) is 1. The summed E-state index contributed by atoms with van der Waals surface area (Å²) in [7, 11) is 2.08. The lowest BCUT2D eigenvalue weighted by atomic mass is 9.94. The predicted molar refractivity (Wildman–Crippen MR) is 110 cm³/mol. The maximum absolute atomic E-state index is 11.3. The van der Waals surface area contributed by atoms with Crippen molar-refractivity contribution < 1.29 is 9.90 Å². The maximum Gasteiger partial charge on any atom is 0.307 e. The number of aliphatic carboxylic acids is 1. The Kier molecular flexibility index (Phi) is 6.51. The molecule has 1 aromatic carbocycles. The van der Waals surface area contributed by atoms with E-state index >= 15 is 0 Å². The molecule has 1 aliphatic rings. The first kappa shape index (κ1) is 19.4. The van der Waals surface area contributed by atoms with Gasteiger partial charge in [0, 0.05) is 37.6 Å². The molecule has 3 rings (SSSR count). The van der Waals surface area contributed by atoms with Crippen molar-refractivity contribution in [2.24, 2.45) is 13.0 Å². The Labute approximate surface area is 162 Å². The Hall–Kier alpha value is -2.33. The summed E-state index contributed by atoms with van der Waals surface area (Å²) in [5.74, 6) is -0.868. The maximum atomic E-state index is 11.3. The van der Waals surface area contributed by atoms with E-state index in [-0.39, 0.29) is 5.92 Å². The molecular weight excluding hydrogens is 336 g/mol. The third kappa shape index (κ3) is 4.69. The number of carboxylic acids is 1. The summed E-state index contributed by atoms with van der Waals surface area (Å²) in [6, 6.07) is 12.9. The van der Waals surface area contributed by atoms with Crippen LogP contribution in [0.3, 0.4) is 0 Å². The average molecular weight is 367 g/mol. The molecule has 0 bridgehead atoms. The number of aryl methyl sites for hydroxylation is 2. The SMILES string of the molecule is CCc1ccccc1/C(=C/CCN1CCCC(C(=O)O)C1)c1cccn1C. The second kappa shape index (κ2) is 9.05. The standard InChI is InChI=1S/C23H30N2O2/c1-3-18-9-4-5-11-20(18)21(22-13-8-14-24(22)2)12-7-16-25-15-6-10-19(17-25)23(26)27/h4-5,8-9,11-14,19H,3,6-7,10,15-17H2,1-2H3,(H,26,27)/b21-12-. The van der Waals surface area contributed by atoms with Crippen LogP contribution in [-0.4, -0.2) is 40.2 Å². The van der Waals surface area contributed by atoms with Gasteiger partial charge in [-0.2, -0.15) is 0 Å². The number of hydrogen-bond acceptors (Lipinski definition) is 2. The second-order valence-corrected chi connectivity index (χ2v) is 7.40. The number of nitrogens with zero attached hydrogens (tertiary/aromatic N) is 2. The van der Waals surface area contributed by atoms with Gasteiger partial charge in [-0.3, -0.25) is 4.79 Å². The molecule has 4 heteroatoms. The average Bonchev–Trinajstić information content (AvgIpc) is 3.11. The molecule has 144 valence electrons. The van der Waals surface area contributed by atoms with Gasteiger partial charge in [0.2, 0.25) is 0 Å². The van der Waals surface area contributed by atoms with Gasteiger partial charge in [-0.15, -0.1) is 0 Å². The zero-order valence-corrected chi connectivity index (χ0v) is 16.4. The summed E-state index contributed by atoms with van der Waals surface area (Å²) in [6.45, 7) is 4.78. The van der Waals surface area contributed by atoms with Gasteiger partial charge in [-0.05, 0) is 55.5 Å². The summed E-state index contributed by atoms with van der Waals surface area (Å²) in [5.41, 5.74) is 5.14. The van der Waals surface area contributed by atoms with E-state index in [1.807, 2.05) is 0 Å². The highest BCUT2D eigenvalue weighted by molar-refractivity contribution is 5.80. The molecule has 1 aliphatic heterocycles. The molecule has 4 nitrogen and oxygen atoms in total. The third-order valence-corrected chi connectivity index (χ3v) is 5.56. The van der Waals surface area contributed by atoms with Gasteiger partial charge in [-0.1, -0.05) is 37.3 Å². The first-order valence-corrected chi connectivity index (χ1v) is 9.95. The first-order chi connectivity index (χ1) is 13.1. The zero-order valence-electron chi connectivity index (χ0n) is 16.4. The molecule has 1 fully saturated rings. The van der Waals surface area contributed by atoms with E-state index in [9.17, 15) is 9.90 Å². The monoisotopic (exact) mass is 366 g/mol. The first-order valence-electron chi connectivity index (χ1n) is 9.95. The van der Waals surface area contributed by atoms with E-state index in [1.54, 1.807) is 0 Å². The van der Waals surface area contributed by atoms with Crippen LogP contribution in [0.25, 0.3) is 5.57 Å². The van der Waals surface area contributed by atoms with Crippen LogP contribution in [0, 0.1) is 5.92 Å². The fourth-order valence-corrected chi connectivity index (χ4v) is 4.04. The van der Waals surface area contributed by atoms with Gasteiger partial charge in [0.15, 0.2) is 0 Å². The van der Waals surface area contributed by atoms with Gasteiger partial charge in [0.05, 0.1) is 5.92 Å². The van der Waals surface area contributed by atoms with Crippen LogP contribution in [0.1, 0.15) is 43.0 Å². The summed E-state index contributed by atoms with van der Waals surface area (Å²) in [4.78, 5) is 13.6. The Morgan fingerprint density at radius 3 is 2.78 bits per heavy atom. The highest BCUT2D eigenvalue weighted by Crippen LogP contribution is 2.28. The van der Waals surface area contributed by atoms with E-state index in [0.29, 0.717) is 6.54 Å². The summed E-state index contributed by atoms with van der Waals surface area (Å²) in [6.07, 6.45) is 8.12. The second-order valence-electron chi connectivity index (χ2n) is 7.40. The number of piperidine rings is 1. The largest absolute Gasteiger partial charge is 0.481 e. The number of rotatable bonds is 7. The molecule has 2 heterocycles. The summed E-state index contributed by atoms with van der Waals surface area (Å²) in [5, 5.41) is 9.29. The molecule has 0 spiro atoms. The molecule has 1 aromatic heterocycles. The lowest BCUT2D eigenvalue weighted by Gasteiger charge is -2.30. The number of carbonyl (C=O) groups is 1. The van der Waals surface area contributed by atoms with Crippen LogP contribution >= 0.6 is 0 Å². The van der Waals surface area contributed by atoms with Gasteiger partial charge >= 0.3 is 5.97 Å². The van der Waals surface area contributed by atoms with E-state index in [1.165, 1.54) is 22.4 Å². The number of aromatic nitrogens is 1. The Morgan fingerprint density at radius 1 is 1.26 bits per heavy atom. The van der Waals surface area contributed by atoms with Crippen LogP contribution < -0.4 is 0 Å². The Morgan fingerprint density at radius 2 is 2.07 bits per heavy atom. The van der Waals surface area contributed by atoms with Crippen molar-refractivity contribution in [1.29, 1.82) is 0 Å². The molecule has 0 radical (unpaired) electrons. The van der Waals surface area contributed by atoms with Gasteiger partial charge < -0.3 is 14.6 Å². The van der Waals surface area contributed by atoms with Crippen LogP contribution in [0.15, 0.2) is 48.7 Å². The predicted octanol–water partition coefficient (Wildman–Crippen LogP) is 4.21. The Bertz CT molecular complexity index is 806. The van der Waals surface area contributed by atoms with E-state index in [2.05, 4.69) is 72.1 Å². The molecule has 1 unspecified atom stereocenters. The van der Waals surface area contributed by atoms with E-state index < -0.39 is 5.97 Å². The normalized spacial score (nSPS) is 18.6. The molecule has 0 amide bonds. The fraction of sp³-hybridized carbons (Fsp3) is 0.435. The highest BCUT2D eigenvalue weighted by Gasteiger charge is 2.24. The number of likely N-dealkylation sites (tertiary alicyclic amines) is 1. The van der Waals surface area contributed by atoms with Crippen molar-refractivity contribution in [3.8, 4) is 0 Å².